The molecule has 0 amide bonds. The minimum absolute atomic E-state index is 0.162. The quantitative estimate of drug-likeness (QED) is 0.421. The van der Waals surface area contributed by atoms with Gasteiger partial charge in [0, 0.05) is 13.4 Å². The number of benzene rings is 1. The summed E-state index contributed by atoms with van der Waals surface area (Å²) in [6, 6.07) is 3.79. The van der Waals surface area contributed by atoms with E-state index in [2.05, 4.69) is 65.2 Å². The fraction of sp³-hybridized carbons (Fsp3) is 0.417. The zero-order valence-electron chi connectivity index (χ0n) is 10.3. The maximum absolute atomic E-state index is 9.78. The lowest BCUT2D eigenvalue weighted by Crippen LogP contribution is -2.16. The van der Waals surface area contributed by atoms with Gasteiger partial charge in [0.25, 0.3) is 0 Å². The highest BCUT2D eigenvalue weighted by atomic mass is 79.9. The minimum atomic E-state index is -0.720. The molecule has 2 N–H and O–H groups in total. The Balaban J connectivity index is 2.75. The highest BCUT2D eigenvalue weighted by molar-refractivity contribution is 9.11. The van der Waals surface area contributed by atoms with E-state index in [9.17, 15) is 5.11 Å². The summed E-state index contributed by atoms with van der Waals surface area (Å²) in [4.78, 5) is 0. The van der Waals surface area contributed by atoms with Crippen molar-refractivity contribution in [1.82, 2.24) is 0 Å². The molecule has 106 valence electrons. The molecule has 0 spiro atoms. The molecule has 0 saturated carbocycles. The van der Waals surface area contributed by atoms with E-state index in [1.165, 1.54) is 0 Å². The summed E-state index contributed by atoms with van der Waals surface area (Å²) in [5.74, 6) is 0. The van der Waals surface area contributed by atoms with E-state index in [0.29, 0.717) is 6.42 Å². The van der Waals surface area contributed by atoms with Gasteiger partial charge < -0.3 is 5.11 Å². The predicted octanol–water partition coefficient (Wildman–Crippen LogP) is 5.49. The fourth-order valence-corrected chi connectivity index (χ4v) is 3.94. The molecule has 1 aromatic rings. The number of unbranched alkanes of at least 4 members (excludes halogenated alkanes) is 1. The molecule has 1 rings (SSSR count). The van der Waals surface area contributed by atoms with Crippen molar-refractivity contribution < 1.29 is 5.11 Å². The van der Waals surface area contributed by atoms with E-state index >= 15 is 0 Å². The second-order valence-electron chi connectivity index (χ2n) is 3.95. The zero-order chi connectivity index (χ0) is 14.4. The molecule has 0 aliphatic carbocycles. The Hall–Kier alpha value is 0.380. The molecule has 0 aromatic heterocycles. The Morgan fingerprint density at radius 1 is 1.37 bits per heavy atom. The molecule has 1 unspecified atom stereocenters. The molecular weight excluding hydrogens is 463 g/mol. The number of hydrogen-bond acceptors (Lipinski definition) is 3. The first-order valence-corrected chi connectivity index (χ1v) is 8.53. The first kappa shape index (κ1) is 17.4. The van der Waals surface area contributed by atoms with Crippen molar-refractivity contribution in [2.24, 2.45) is 5.10 Å². The topological polar surface area (TPSA) is 44.6 Å². The Morgan fingerprint density at radius 3 is 2.47 bits per heavy atom. The first-order chi connectivity index (χ1) is 8.95. The van der Waals surface area contributed by atoms with Crippen LogP contribution in [0.3, 0.4) is 0 Å². The van der Waals surface area contributed by atoms with Crippen LogP contribution in [0.15, 0.2) is 30.7 Å². The summed E-state index contributed by atoms with van der Waals surface area (Å²) in [6.07, 6.45) is 1.82. The van der Waals surface area contributed by atoms with Crippen molar-refractivity contribution in [2.45, 2.75) is 32.3 Å². The summed E-state index contributed by atoms with van der Waals surface area (Å²) in [5.41, 5.74) is 3.60. The number of aliphatic hydroxyl groups excluding tert-OH is 1. The molecule has 1 aromatic carbocycles. The van der Waals surface area contributed by atoms with Gasteiger partial charge in [-0.05, 0) is 50.4 Å². The van der Waals surface area contributed by atoms with Crippen LogP contribution in [0, 0.1) is 0 Å². The Kier molecular flexibility index (Phi) is 7.91. The number of rotatable bonds is 6. The number of hydrazone groups is 1. The van der Waals surface area contributed by atoms with Crippen molar-refractivity contribution in [3.8, 4) is 0 Å². The molecule has 19 heavy (non-hydrogen) atoms. The van der Waals surface area contributed by atoms with E-state index < -0.39 is 6.10 Å². The van der Waals surface area contributed by atoms with Crippen LogP contribution in [0.5, 0.6) is 0 Å². The Bertz CT molecular complexity index is 445. The summed E-state index contributed by atoms with van der Waals surface area (Å²) >= 11 is 16.2. The lowest BCUT2D eigenvalue weighted by atomic mass is 10.2. The third-order valence-corrected chi connectivity index (χ3v) is 4.43. The van der Waals surface area contributed by atoms with Crippen LogP contribution in [0.1, 0.15) is 26.2 Å². The predicted molar refractivity (Wildman–Crippen MR) is 92.0 cm³/mol. The maximum atomic E-state index is 9.78. The van der Waals surface area contributed by atoms with Gasteiger partial charge in [-0.2, -0.15) is 5.10 Å². The largest absolute Gasteiger partial charge is 0.386 e. The normalized spacial score (nSPS) is 13.5. The molecule has 1 atom stereocenters. The van der Waals surface area contributed by atoms with Crippen molar-refractivity contribution in [2.75, 3.05) is 5.43 Å². The third kappa shape index (κ3) is 5.71. The highest BCUT2D eigenvalue weighted by Gasteiger charge is 2.11. The molecule has 7 heteroatoms. The average Bonchev–Trinajstić information content (AvgIpc) is 2.34. The lowest BCUT2D eigenvalue weighted by Gasteiger charge is -2.10. The molecule has 0 heterocycles. The van der Waals surface area contributed by atoms with Crippen LogP contribution < -0.4 is 5.43 Å². The first-order valence-electron chi connectivity index (χ1n) is 5.77. The van der Waals surface area contributed by atoms with Gasteiger partial charge in [-0.3, -0.25) is 5.43 Å². The number of aliphatic hydroxyl groups is 1. The maximum Gasteiger partial charge on any atom is 0.154 e. The van der Waals surface area contributed by atoms with Crippen molar-refractivity contribution in [3.05, 3.63) is 25.6 Å². The smallest absolute Gasteiger partial charge is 0.154 e. The highest BCUT2D eigenvalue weighted by Crippen LogP contribution is 2.34. The molecule has 0 aliphatic heterocycles. The summed E-state index contributed by atoms with van der Waals surface area (Å²) < 4.78 is 2.62. The second-order valence-corrected chi connectivity index (χ2v) is 6.96. The van der Waals surface area contributed by atoms with Gasteiger partial charge in [0.15, 0.2) is 5.17 Å². The number of hydrogen-bond donors (Lipinski definition) is 2. The zero-order valence-corrected chi connectivity index (χ0v) is 15.8. The van der Waals surface area contributed by atoms with Gasteiger partial charge >= 0.3 is 0 Å². The molecule has 0 fully saturated rings. The van der Waals surface area contributed by atoms with Gasteiger partial charge in [-0.15, -0.1) is 0 Å². The van der Waals surface area contributed by atoms with Gasteiger partial charge in [-0.1, -0.05) is 47.3 Å². The fourth-order valence-electron chi connectivity index (χ4n) is 1.35. The van der Waals surface area contributed by atoms with Crippen molar-refractivity contribution >= 4 is 70.2 Å². The van der Waals surface area contributed by atoms with E-state index in [-0.39, 0.29) is 5.17 Å². The number of nitrogens with zero attached hydrogens (tertiary/aromatic N) is 1. The van der Waals surface area contributed by atoms with Gasteiger partial charge in [0.2, 0.25) is 0 Å². The van der Waals surface area contributed by atoms with Crippen LogP contribution in [-0.2, 0) is 0 Å². The molecule has 3 nitrogen and oxygen atoms in total. The molecular formula is C12H14Br3ClN2O. The van der Waals surface area contributed by atoms with Crippen LogP contribution in [0.2, 0.25) is 0 Å². The van der Waals surface area contributed by atoms with Gasteiger partial charge in [-0.25, -0.2) is 0 Å². The number of anilines is 1. The van der Waals surface area contributed by atoms with Crippen LogP contribution >= 0.6 is 59.4 Å². The number of halogens is 4. The van der Waals surface area contributed by atoms with Crippen LogP contribution in [0.25, 0.3) is 0 Å². The van der Waals surface area contributed by atoms with Crippen LogP contribution in [-0.4, -0.2) is 16.4 Å². The molecule has 0 radical (unpaired) electrons. The SMILES string of the molecule is CCCCC(O)/C(Cl)=N/Nc1c(Br)cc(Br)cc1Br. The van der Waals surface area contributed by atoms with Crippen LogP contribution in [0.4, 0.5) is 5.69 Å². The molecule has 0 bridgehead atoms. The van der Waals surface area contributed by atoms with E-state index in [1.807, 2.05) is 12.1 Å². The van der Waals surface area contributed by atoms with E-state index in [1.54, 1.807) is 0 Å². The molecule has 0 saturated heterocycles. The lowest BCUT2D eigenvalue weighted by molar-refractivity contribution is 0.229. The molecule has 0 aliphatic rings. The summed E-state index contributed by atoms with van der Waals surface area (Å²) in [5, 5.41) is 13.9. The van der Waals surface area contributed by atoms with Gasteiger partial charge in [0.1, 0.15) is 6.10 Å². The third-order valence-electron chi connectivity index (χ3n) is 2.39. The Labute approximate surface area is 143 Å². The summed E-state index contributed by atoms with van der Waals surface area (Å²) in [6.45, 7) is 2.06. The monoisotopic (exact) mass is 474 g/mol. The van der Waals surface area contributed by atoms with E-state index in [4.69, 9.17) is 11.6 Å². The van der Waals surface area contributed by atoms with Crippen molar-refractivity contribution in [1.29, 1.82) is 0 Å². The number of nitrogens with one attached hydrogen (secondary N) is 1. The average molecular weight is 477 g/mol. The minimum Gasteiger partial charge on any atom is -0.386 e. The standard InChI is InChI=1S/C12H14Br3ClN2O/c1-2-3-4-10(19)12(16)18-17-11-8(14)5-7(13)6-9(11)15/h5-6,10,17,19H,2-4H2,1H3/b18-12-. The second kappa shape index (κ2) is 8.62. The summed E-state index contributed by atoms with van der Waals surface area (Å²) in [7, 11) is 0. The van der Waals surface area contributed by atoms with Crippen molar-refractivity contribution in [3.63, 3.8) is 0 Å². The van der Waals surface area contributed by atoms with E-state index in [0.717, 1.165) is 31.9 Å². The Morgan fingerprint density at radius 2 is 1.95 bits per heavy atom. The van der Waals surface area contributed by atoms with Gasteiger partial charge in [0.05, 0.1) is 5.69 Å².